The molecule has 0 saturated heterocycles. The molecular weight excluding hydrogens is 321 g/mol. The van der Waals surface area contributed by atoms with Crippen molar-refractivity contribution in [2.45, 2.75) is 32.2 Å². The molecule has 3 rings (SSSR count). The van der Waals surface area contributed by atoms with Gasteiger partial charge in [-0.3, -0.25) is 9.59 Å². The number of halogens is 2. The Labute approximate surface area is 140 Å². The number of benzene rings is 1. The number of nitrogens with two attached hydrogens (primary N) is 1. The molecule has 23 heavy (non-hydrogen) atoms. The van der Waals surface area contributed by atoms with E-state index in [1.54, 1.807) is 0 Å². The molecule has 0 aromatic heterocycles. The molecule has 4 atom stereocenters. The van der Waals surface area contributed by atoms with E-state index in [4.69, 9.17) is 5.73 Å². The monoisotopic (exact) mass is 341 g/mol. The number of carbonyl (C=O) groups excluding carboxylic acids is 2. The van der Waals surface area contributed by atoms with Crippen LogP contribution >= 0.6 is 12.4 Å². The molecule has 4 unspecified atom stereocenters. The normalized spacial score (nSPS) is 28.1. The van der Waals surface area contributed by atoms with Gasteiger partial charge < -0.3 is 16.4 Å². The summed E-state index contributed by atoms with van der Waals surface area (Å²) in [4.78, 5) is 23.5. The molecular formula is C16H21ClFN3O2. The third kappa shape index (κ3) is 3.48. The maximum Gasteiger partial charge on any atom is 0.229 e. The van der Waals surface area contributed by atoms with Crippen molar-refractivity contribution in [3.63, 3.8) is 0 Å². The van der Waals surface area contributed by atoms with E-state index < -0.39 is 5.82 Å². The lowest BCUT2D eigenvalue weighted by atomic mass is 9.84. The van der Waals surface area contributed by atoms with Crippen LogP contribution in [-0.2, 0) is 9.59 Å². The van der Waals surface area contributed by atoms with Crippen LogP contribution in [0.5, 0.6) is 0 Å². The van der Waals surface area contributed by atoms with Crippen LogP contribution in [0.15, 0.2) is 18.2 Å². The highest BCUT2D eigenvalue weighted by molar-refractivity contribution is 5.95. The number of amides is 2. The third-order valence-corrected chi connectivity index (χ3v) is 4.83. The summed E-state index contributed by atoms with van der Waals surface area (Å²) in [7, 11) is 0. The van der Waals surface area contributed by atoms with Crippen LogP contribution in [-0.4, -0.2) is 17.9 Å². The summed E-state index contributed by atoms with van der Waals surface area (Å²) in [5.41, 5.74) is 6.66. The molecule has 7 heteroatoms. The smallest absolute Gasteiger partial charge is 0.229 e. The van der Waals surface area contributed by atoms with Gasteiger partial charge in [0, 0.05) is 18.7 Å². The fourth-order valence-electron chi connectivity index (χ4n) is 3.84. The van der Waals surface area contributed by atoms with Gasteiger partial charge in [0.15, 0.2) is 0 Å². The van der Waals surface area contributed by atoms with Crippen molar-refractivity contribution in [2.75, 3.05) is 10.6 Å². The van der Waals surface area contributed by atoms with Crippen LogP contribution < -0.4 is 16.4 Å². The molecule has 2 bridgehead atoms. The number of rotatable bonds is 3. The second kappa shape index (κ2) is 6.84. The first-order chi connectivity index (χ1) is 10.5. The van der Waals surface area contributed by atoms with Crippen LogP contribution in [0.1, 0.15) is 26.2 Å². The Bertz CT molecular complexity index is 623. The molecule has 1 aromatic carbocycles. The molecule has 2 amide bonds. The Morgan fingerprint density at radius 3 is 2.52 bits per heavy atom. The molecule has 0 heterocycles. The zero-order valence-corrected chi connectivity index (χ0v) is 13.7. The van der Waals surface area contributed by atoms with E-state index in [1.165, 1.54) is 25.1 Å². The molecule has 2 fully saturated rings. The summed E-state index contributed by atoms with van der Waals surface area (Å²) >= 11 is 0. The number of carbonyl (C=O) groups is 2. The highest BCUT2D eigenvalue weighted by Crippen LogP contribution is 2.48. The second-order valence-electron chi connectivity index (χ2n) is 6.30. The maximum absolute atomic E-state index is 13.9. The predicted molar refractivity (Wildman–Crippen MR) is 88.9 cm³/mol. The molecule has 0 radical (unpaired) electrons. The Morgan fingerprint density at radius 1 is 1.22 bits per heavy atom. The van der Waals surface area contributed by atoms with E-state index in [9.17, 15) is 14.0 Å². The minimum atomic E-state index is -0.529. The molecule has 2 aliphatic rings. The minimum Gasteiger partial charge on any atom is -0.327 e. The molecule has 0 spiro atoms. The van der Waals surface area contributed by atoms with Gasteiger partial charge in [0.1, 0.15) is 5.82 Å². The second-order valence-corrected chi connectivity index (χ2v) is 6.30. The topological polar surface area (TPSA) is 84.2 Å². The van der Waals surface area contributed by atoms with Gasteiger partial charge >= 0.3 is 0 Å². The fraction of sp³-hybridized carbons (Fsp3) is 0.500. The summed E-state index contributed by atoms with van der Waals surface area (Å²) < 4.78 is 13.9. The lowest BCUT2D eigenvalue weighted by Gasteiger charge is -2.27. The van der Waals surface area contributed by atoms with Crippen molar-refractivity contribution >= 4 is 35.6 Å². The molecule has 0 aliphatic heterocycles. The van der Waals surface area contributed by atoms with E-state index in [2.05, 4.69) is 10.6 Å². The van der Waals surface area contributed by atoms with Crippen molar-refractivity contribution in [1.29, 1.82) is 0 Å². The molecule has 126 valence electrons. The lowest BCUT2D eigenvalue weighted by molar-refractivity contribution is -0.121. The Hall–Kier alpha value is -1.66. The summed E-state index contributed by atoms with van der Waals surface area (Å²) in [6.45, 7) is 1.37. The highest BCUT2D eigenvalue weighted by Gasteiger charge is 2.49. The summed E-state index contributed by atoms with van der Waals surface area (Å²) in [5.74, 6) is -0.530. The fourth-order valence-corrected chi connectivity index (χ4v) is 3.84. The van der Waals surface area contributed by atoms with Crippen molar-refractivity contribution in [3.8, 4) is 0 Å². The third-order valence-electron chi connectivity index (χ3n) is 4.83. The van der Waals surface area contributed by atoms with Gasteiger partial charge in [0.2, 0.25) is 11.8 Å². The SMILES string of the molecule is CC(=O)Nc1ccc(F)c(NC(=O)C2C3CCC(C3)C2N)c1.Cl. The summed E-state index contributed by atoms with van der Waals surface area (Å²) in [6.07, 6.45) is 3.10. The number of hydrogen-bond acceptors (Lipinski definition) is 3. The van der Waals surface area contributed by atoms with E-state index in [-0.39, 0.29) is 41.9 Å². The number of anilines is 2. The molecule has 2 aliphatic carbocycles. The van der Waals surface area contributed by atoms with Gasteiger partial charge in [0.25, 0.3) is 0 Å². The van der Waals surface area contributed by atoms with Crippen LogP contribution in [0, 0.1) is 23.6 Å². The van der Waals surface area contributed by atoms with Gasteiger partial charge in [0.05, 0.1) is 11.6 Å². The first-order valence-electron chi connectivity index (χ1n) is 7.59. The van der Waals surface area contributed by atoms with Crippen molar-refractivity contribution in [2.24, 2.45) is 23.5 Å². The molecule has 5 nitrogen and oxygen atoms in total. The standard InChI is InChI=1S/C16H20FN3O2.ClH/c1-8(21)19-11-4-5-12(17)13(7-11)20-16(22)14-9-2-3-10(6-9)15(14)18;/h4-5,7,9-10,14-15H,2-3,6,18H2,1H3,(H,19,21)(H,20,22);1H. The largest absolute Gasteiger partial charge is 0.327 e. The van der Waals surface area contributed by atoms with E-state index >= 15 is 0 Å². The van der Waals surface area contributed by atoms with Crippen LogP contribution in [0.3, 0.4) is 0 Å². The first-order valence-corrected chi connectivity index (χ1v) is 7.59. The summed E-state index contributed by atoms with van der Waals surface area (Å²) in [5, 5.41) is 5.21. The quantitative estimate of drug-likeness (QED) is 0.789. The van der Waals surface area contributed by atoms with Crippen molar-refractivity contribution in [3.05, 3.63) is 24.0 Å². The number of hydrogen-bond donors (Lipinski definition) is 3. The van der Waals surface area contributed by atoms with Gasteiger partial charge in [-0.05, 0) is 49.3 Å². The summed E-state index contributed by atoms with van der Waals surface area (Å²) in [6, 6.07) is 3.96. The Kier molecular flexibility index (Phi) is 5.26. The molecule has 2 saturated carbocycles. The van der Waals surface area contributed by atoms with Gasteiger partial charge in [-0.15, -0.1) is 12.4 Å². The van der Waals surface area contributed by atoms with Crippen LogP contribution in [0.4, 0.5) is 15.8 Å². The maximum atomic E-state index is 13.9. The minimum absolute atomic E-state index is 0. The van der Waals surface area contributed by atoms with E-state index in [0.717, 1.165) is 19.3 Å². The first kappa shape index (κ1) is 17.7. The Balaban J connectivity index is 0.00000192. The average Bonchev–Trinajstić information content (AvgIpc) is 3.02. The average molecular weight is 342 g/mol. The van der Waals surface area contributed by atoms with E-state index in [0.29, 0.717) is 17.5 Å². The van der Waals surface area contributed by atoms with E-state index in [1.807, 2.05) is 0 Å². The highest BCUT2D eigenvalue weighted by atomic mass is 35.5. The van der Waals surface area contributed by atoms with Crippen molar-refractivity contribution in [1.82, 2.24) is 0 Å². The molecule has 1 aromatic rings. The van der Waals surface area contributed by atoms with Crippen molar-refractivity contribution < 1.29 is 14.0 Å². The zero-order valence-electron chi connectivity index (χ0n) is 12.8. The van der Waals surface area contributed by atoms with Crippen LogP contribution in [0.2, 0.25) is 0 Å². The zero-order chi connectivity index (χ0) is 15.9. The Morgan fingerprint density at radius 2 is 1.91 bits per heavy atom. The van der Waals surface area contributed by atoms with Gasteiger partial charge in [-0.2, -0.15) is 0 Å². The number of fused-ring (bicyclic) bond motifs is 2. The molecule has 4 N–H and O–H groups in total. The van der Waals surface area contributed by atoms with Gasteiger partial charge in [-0.25, -0.2) is 4.39 Å². The van der Waals surface area contributed by atoms with Crippen LogP contribution in [0.25, 0.3) is 0 Å². The predicted octanol–water partition coefficient (Wildman–Crippen LogP) is 2.52. The lowest BCUT2D eigenvalue weighted by Crippen LogP contribution is -2.42. The number of nitrogens with one attached hydrogen (secondary N) is 2. The van der Waals surface area contributed by atoms with Gasteiger partial charge in [-0.1, -0.05) is 0 Å².